The molecule has 1 atom stereocenters. The predicted molar refractivity (Wildman–Crippen MR) is 97.9 cm³/mol. The van der Waals surface area contributed by atoms with Gasteiger partial charge in [0.05, 0.1) is 11.3 Å². The molecular formula is C20H27N3O2. The fourth-order valence-corrected chi connectivity index (χ4v) is 4.54. The number of hydrogen-bond acceptors (Lipinski definition) is 3. The van der Waals surface area contributed by atoms with Crippen molar-refractivity contribution >= 4 is 17.5 Å². The summed E-state index contributed by atoms with van der Waals surface area (Å²) in [5.74, 6) is 0.0933. The summed E-state index contributed by atoms with van der Waals surface area (Å²) in [5, 5.41) is 3.20. The van der Waals surface area contributed by atoms with Gasteiger partial charge in [-0.2, -0.15) is 0 Å². The molecule has 2 fully saturated rings. The van der Waals surface area contributed by atoms with Gasteiger partial charge in [0, 0.05) is 25.2 Å². The number of anilines is 1. The average Bonchev–Trinajstić information content (AvgIpc) is 2.98. The molecular weight excluding hydrogens is 314 g/mol. The Labute approximate surface area is 149 Å². The number of hydrogen-bond donors (Lipinski definition) is 1. The van der Waals surface area contributed by atoms with Crippen molar-refractivity contribution in [1.29, 1.82) is 0 Å². The third-order valence-corrected chi connectivity index (χ3v) is 5.99. The van der Waals surface area contributed by atoms with E-state index in [4.69, 9.17) is 0 Å². The van der Waals surface area contributed by atoms with E-state index in [0.29, 0.717) is 11.1 Å². The van der Waals surface area contributed by atoms with Crippen LogP contribution in [0, 0.1) is 0 Å². The van der Waals surface area contributed by atoms with Crippen molar-refractivity contribution in [3.05, 3.63) is 29.3 Å². The lowest BCUT2D eigenvalue weighted by atomic mass is 10.0. The zero-order valence-corrected chi connectivity index (χ0v) is 15.0. The van der Waals surface area contributed by atoms with Gasteiger partial charge in [-0.1, -0.05) is 25.7 Å². The van der Waals surface area contributed by atoms with Gasteiger partial charge in [0.1, 0.15) is 6.17 Å². The Hall–Kier alpha value is -2.04. The quantitative estimate of drug-likeness (QED) is 0.841. The van der Waals surface area contributed by atoms with Crippen molar-refractivity contribution < 1.29 is 9.59 Å². The van der Waals surface area contributed by atoms with Crippen molar-refractivity contribution in [2.24, 2.45) is 0 Å². The molecule has 134 valence electrons. The second-order valence-corrected chi connectivity index (χ2v) is 7.63. The van der Waals surface area contributed by atoms with Crippen LogP contribution in [0.3, 0.4) is 0 Å². The van der Waals surface area contributed by atoms with Gasteiger partial charge >= 0.3 is 0 Å². The van der Waals surface area contributed by atoms with E-state index in [0.717, 1.165) is 37.9 Å². The van der Waals surface area contributed by atoms with Crippen molar-refractivity contribution in [2.75, 3.05) is 18.5 Å². The van der Waals surface area contributed by atoms with E-state index >= 15 is 0 Å². The summed E-state index contributed by atoms with van der Waals surface area (Å²) in [6.07, 6.45) is 9.28. The minimum Gasteiger partial charge on any atom is -0.354 e. The van der Waals surface area contributed by atoms with E-state index in [9.17, 15) is 9.59 Å². The molecule has 1 aromatic rings. The number of amides is 2. The molecule has 2 heterocycles. The van der Waals surface area contributed by atoms with E-state index in [1.165, 1.54) is 25.7 Å². The van der Waals surface area contributed by atoms with Crippen LogP contribution in [0.5, 0.6) is 0 Å². The summed E-state index contributed by atoms with van der Waals surface area (Å²) in [7, 11) is 2.03. The maximum atomic E-state index is 12.7. The molecule has 1 saturated carbocycles. The van der Waals surface area contributed by atoms with Gasteiger partial charge in [-0.25, -0.2) is 0 Å². The molecule has 0 unspecified atom stereocenters. The molecule has 1 N–H and O–H groups in total. The first kappa shape index (κ1) is 16.4. The highest BCUT2D eigenvalue weighted by Gasteiger charge is 2.38. The van der Waals surface area contributed by atoms with Crippen LogP contribution in [0.1, 0.15) is 72.1 Å². The van der Waals surface area contributed by atoms with Crippen molar-refractivity contribution in [3.8, 4) is 0 Å². The number of carbonyl (C=O) groups excluding carboxylic acids is 2. The van der Waals surface area contributed by atoms with Crippen LogP contribution in [0.2, 0.25) is 0 Å². The first-order valence-corrected chi connectivity index (χ1v) is 9.64. The maximum absolute atomic E-state index is 12.7. The number of nitrogens with one attached hydrogen (secondary N) is 1. The van der Waals surface area contributed by atoms with Crippen LogP contribution < -0.4 is 10.2 Å². The van der Waals surface area contributed by atoms with Crippen LogP contribution in [0.15, 0.2) is 18.2 Å². The topological polar surface area (TPSA) is 52.7 Å². The van der Waals surface area contributed by atoms with E-state index in [2.05, 4.69) is 10.2 Å². The molecule has 0 radical (unpaired) electrons. The van der Waals surface area contributed by atoms with E-state index < -0.39 is 0 Å². The maximum Gasteiger partial charge on any atom is 0.257 e. The lowest BCUT2D eigenvalue weighted by Crippen LogP contribution is -2.50. The van der Waals surface area contributed by atoms with Gasteiger partial charge in [-0.05, 0) is 43.9 Å². The first-order valence-electron chi connectivity index (χ1n) is 9.64. The largest absolute Gasteiger partial charge is 0.354 e. The summed E-state index contributed by atoms with van der Waals surface area (Å²) < 4.78 is 0. The van der Waals surface area contributed by atoms with E-state index in [1.54, 1.807) is 6.07 Å². The molecule has 0 bridgehead atoms. The molecule has 4 rings (SSSR count). The molecule has 0 spiro atoms. The van der Waals surface area contributed by atoms with Gasteiger partial charge in [-0.15, -0.1) is 0 Å². The fraction of sp³-hybridized carbons (Fsp3) is 0.600. The number of rotatable bonds is 2. The van der Waals surface area contributed by atoms with Crippen molar-refractivity contribution in [3.63, 3.8) is 0 Å². The molecule has 1 aromatic carbocycles. The highest BCUT2D eigenvalue weighted by atomic mass is 16.2. The normalized spacial score (nSPS) is 23.9. The predicted octanol–water partition coefficient (Wildman–Crippen LogP) is 3.15. The Morgan fingerprint density at radius 2 is 1.84 bits per heavy atom. The van der Waals surface area contributed by atoms with E-state index in [-0.39, 0.29) is 24.0 Å². The van der Waals surface area contributed by atoms with Crippen LogP contribution in [0.25, 0.3) is 0 Å². The lowest BCUT2D eigenvalue weighted by molar-refractivity contribution is 0.0719. The Balaban J connectivity index is 1.55. The number of benzene rings is 1. The molecule has 2 aliphatic heterocycles. The molecule has 5 heteroatoms. The molecule has 0 aromatic heterocycles. The summed E-state index contributed by atoms with van der Waals surface area (Å²) in [6.45, 7) is 0.831. The van der Waals surface area contributed by atoms with Gasteiger partial charge in [-0.3, -0.25) is 9.59 Å². The average molecular weight is 341 g/mol. The third kappa shape index (κ3) is 3.00. The van der Waals surface area contributed by atoms with Gasteiger partial charge in [0.15, 0.2) is 0 Å². The number of carbonyl (C=O) groups is 2. The third-order valence-electron chi connectivity index (χ3n) is 5.99. The molecule has 1 aliphatic carbocycles. The molecule has 25 heavy (non-hydrogen) atoms. The second kappa shape index (κ2) is 6.70. The highest BCUT2D eigenvalue weighted by Crippen LogP contribution is 2.35. The molecule has 5 nitrogen and oxygen atoms in total. The summed E-state index contributed by atoms with van der Waals surface area (Å²) in [5.41, 5.74) is 2.27. The van der Waals surface area contributed by atoms with Crippen LogP contribution in [-0.4, -0.2) is 42.5 Å². The summed E-state index contributed by atoms with van der Waals surface area (Å²) in [4.78, 5) is 29.5. The standard InChI is InChI=1S/C20H27N3O2/c1-22-17-13-14(19(24)21-15-7-4-2-3-5-8-15)10-11-16(17)20(25)23-12-6-9-18(22)23/h10-11,13,15,18H,2-9,12H2,1H3,(H,21,24)/t18-/m0/s1. The van der Waals surface area contributed by atoms with Gasteiger partial charge < -0.3 is 15.1 Å². The van der Waals surface area contributed by atoms with Gasteiger partial charge in [0.25, 0.3) is 11.8 Å². The molecule has 3 aliphatic rings. The number of fused-ring (bicyclic) bond motifs is 2. The lowest BCUT2D eigenvalue weighted by Gasteiger charge is -2.40. The highest BCUT2D eigenvalue weighted by molar-refractivity contribution is 6.04. The van der Waals surface area contributed by atoms with Crippen LogP contribution >= 0.6 is 0 Å². The van der Waals surface area contributed by atoms with Crippen molar-refractivity contribution in [1.82, 2.24) is 10.2 Å². The monoisotopic (exact) mass is 341 g/mol. The summed E-state index contributed by atoms with van der Waals surface area (Å²) in [6, 6.07) is 5.81. The minimum atomic E-state index is -0.00981. The van der Waals surface area contributed by atoms with Crippen molar-refractivity contribution in [2.45, 2.75) is 63.6 Å². The van der Waals surface area contributed by atoms with Crippen LogP contribution in [-0.2, 0) is 0 Å². The molecule has 2 amide bonds. The Kier molecular flexibility index (Phi) is 4.40. The van der Waals surface area contributed by atoms with Crippen LogP contribution in [0.4, 0.5) is 5.69 Å². The Morgan fingerprint density at radius 3 is 2.60 bits per heavy atom. The Morgan fingerprint density at radius 1 is 1.08 bits per heavy atom. The zero-order valence-electron chi connectivity index (χ0n) is 15.0. The fourth-order valence-electron chi connectivity index (χ4n) is 4.54. The minimum absolute atomic E-state index is 0.00981. The first-order chi connectivity index (χ1) is 12.1. The van der Waals surface area contributed by atoms with E-state index in [1.807, 2.05) is 24.1 Å². The zero-order chi connectivity index (χ0) is 17.4. The second-order valence-electron chi connectivity index (χ2n) is 7.63. The summed E-state index contributed by atoms with van der Waals surface area (Å²) >= 11 is 0. The smallest absolute Gasteiger partial charge is 0.257 e. The Bertz CT molecular complexity index is 680. The number of nitrogens with zero attached hydrogens (tertiary/aromatic N) is 2. The molecule has 1 saturated heterocycles. The van der Waals surface area contributed by atoms with Gasteiger partial charge in [0.2, 0.25) is 0 Å². The SMILES string of the molecule is CN1c2cc(C(=O)NC3CCCCCC3)ccc2C(=O)N2CCC[C@H]21.